The van der Waals surface area contributed by atoms with Gasteiger partial charge >= 0.3 is 0 Å². The van der Waals surface area contributed by atoms with Crippen LogP contribution >= 0.6 is 0 Å². The molecule has 80 valence electrons. The number of rotatable bonds is 4. The van der Waals surface area contributed by atoms with E-state index in [0.29, 0.717) is 0 Å². The molecule has 1 saturated heterocycles. The number of hydrogen-bond donors (Lipinski definition) is 0. The highest BCUT2D eigenvalue weighted by Crippen LogP contribution is 2.27. The lowest BCUT2D eigenvalue weighted by Crippen LogP contribution is -2.56. The smallest absolute Gasteiger partial charge is 0.0973 e. The molecule has 1 rings (SSSR count). The lowest BCUT2D eigenvalue weighted by atomic mass is 9.89. The Morgan fingerprint density at radius 3 is 1.86 bits per heavy atom. The molecule has 0 aromatic rings. The summed E-state index contributed by atoms with van der Waals surface area (Å²) in [5.41, 5.74) is 0. The lowest BCUT2D eigenvalue weighted by Gasteiger charge is -2.45. The quantitative estimate of drug-likeness (QED) is 0.477. The summed E-state index contributed by atoms with van der Waals surface area (Å²) in [6.45, 7) is 17.3. The third-order valence-electron chi connectivity index (χ3n) is 3.24. The van der Waals surface area contributed by atoms with E-state index in [-0.39, 0.29) is 0 Å². The van der Waals surface area contributed by atoms with E-state index in [9.17, 15) is 0 Å². The van der Waals surface area contributed by atoms with E-state index in [1.165, 1.54) is 24.0 Å². The average molecular weight is 194 g/mol. The van der Waals surface area contributed by atoms with Gasteiger partial charge in [-0.3, -0.25) is 0 Å². The maximum atomic E-state index is 3.88. The monoisotopic (exact) mass is 194 g/mol. The highest BCUT2D eigenvalue weighted by Gasteiger charge is 2.34. The molecule has 0 N–H and O–H groups in total. The fourth-order valence-electron chi connectivity index (χ4n) is 3.15. The Kier molecular flexibility index (Phi) is 3.94. The third kappa shape index (κ3) is 2.71. The molecular weight excluding hydrogens is 170 g/mol. The van der Waals surface area contributed by atoms with Crippen molar-refractivity contribution in [3.05, 3.63) is 25.3 Å². The standard InChI is InChI=1S/C13H24N/c1-5-7-14(8-6-2)10-12(3)9-13(4)11-14/h5-6,12-13H,1-2,7-11H2,3-4H3/q+1/t12-,13+. The largest absolute Gasteiger partial charge is 0.317 e. The molecule has 2 atom stereocenters. The number of likely N-dealkylation sites (tertiary alicyclic amines) is 1. The van der Waals surface area contributed by atoms with Crippen LogP contribution in [0.25, 0.3) is 0 Å². The van der Waals surface area contributed by atoms with E-state index in [1.54, 1.807) is 0 Å². The van der Waals surface area contributed by atoms with Crippen LogP contribution in [0.1, 0.15) is 20.3 Å². The highest BCUT2D eigenvalue weighted by atomic mass is 15.4. The molecule has 0 aliphatic carbocycles. The number of nitrogens with zero attached hydrogens (tertiary/aromatic N) is 1. The first-order valence-corrected chi connectivity index (χ1v) is 5.69. The van der Waals surface area contributed by atoms with E-state index in [0.717, 1.165) is 24.9 Å². The molecule has 1 heteroatoms. The van der Waals surface area contributed by atoms with Gasteiger partial charge in [0.15, 0.2) is 0 Å². The van der Waals surface area contributed by atoms with Crippen LogP contribution in [0.2, 0.25) is 0 Å². The van der Waals surface area contributed by atoms with Gasteiger partial charge in [-0.1, -0.05) is 27.0 Å². The van der Waals surface area contributed by atoms with Crippen molar-refractivity contribution in [1.82, 2.24) is 0 Å². The van der Waals surface area contributed by atoms with Crippen LogP contribution < -0.4 is 0 Å². The van der Waals surface area contributed by atoms with Gasteiger partial charge < -0.3 is 4.48 Å². The molecule has 0 aromatic heterocycles. The molecule has 0 spiro atoms. The minimum Gasteiger partial charge on any atom is -0.317 e. The fraction of sp³-hybridized carbons (Fsp3) is 0.692. The first kappa shape index (κ1) is 11.5. The van der Waals surface area contributed by atoms with Crippen molar-refractivity contribution in [3.63, 3.8) is 0 Å². The summed E-state index contributed by atoms with van der Waals surface area (Å²) in [5, 5.41) is 0. The van der Waals surface area contributed by atoms with Crippen molar-refractivity contribution >= 4 is 0 Å². The topological polar surface area (TPSA) is 0 Å². The molecule has 0 radical (unpaired) electrons. The van der Waals surface area contributed by atoms with Gasteiger partial charge in [0.1, 0.15) is 0 Å². The van der Waals surface area contributed by atoms with Crippen molar-refractivity contribution in [2.24, 2.45) is 11.8 Å². The zero-order valence-electron chi connectivity index (χ0n) is 9.71. The van der Waals surface area contributed by atoms with Gasteiger partial charge in [0.2, 0.25) is 0 Å². The van der Waals surface area contributed by atoms with E-state index in [2.05, 4.69) is 39.2 Å². The van der Waals surface area contributed by atoms with E-state index < -0.39 is 0 Å². The molecule has 1 nitrogen and oxygen atoms in total. The fourth-order valence-corrected chi connectivity index (χ4v) is 3.15. The Morgan fingerprint density at radius 2 is 1.50 bits per heavy atom. The summed E-state index contributed by atoms with van der Waals surface area (Å²) in [6, 6.07) is 0. The van der Waals surface area contributed by atoms with Crippen molar-refractivity contribution < 1.29 is 4.48 Å². The Bertz CT molecular complexity index is 185. The molecular formula is C13H24N+. The Labute approximate surface area is 88.7 Å². The van der Waals surface area contributed by atoms with Crippen molar-refractivity contribution in [1.29, 1.82) is 0 Å². The van der Waals surface area contributed by atoms with Crippen LogP contribution in [0.5, 0.6) is 0 Å². The van der Waals surface area contributed by atoms with Crippen LogP contribution in [-0.4, -0.2) is 30.7 Å². The first-order chi connectivity index (χ1) is 6.62. The molecule has 1 aliphatic rings. The maximum absolute atomic E-state index is 3.88. The second-order valence-corrected chi connectivity index (χ2v) is 5.10. The van der Waals surface area contributed by atoms with Crippen molar-refractivity contribution in [2.45, 2.75) is 20.3 Å². The summed E-state index contributed by atoms with van der Waals surface area (Å²) in [6.07, 6.45) is 5.51. The van der Waals surface area contributed by atoms with Crippen LogP contribution in [-0.2, 0) is 0 Å². The second-order valence-electron chi connectivity index (χ2n) is 5.10. The Balaban J connectivity index is 2.73. The van der Waals surface area contributed by atoms with Crippen molar-refractivity contribution in [3.8, 4) is 0 Å². The number of piperidine rings is 1. The zero-order valence-corrected chi connectivity index (χ0v) is 9.71. The molecule has 0 unspecified atom stereocenters. The predicted octanol–water partition coefficient (Wildman–Crippen LogP) is 2.85. The van der Waals surface area contributed by atoms with Gasteiger partial charge in [-0.25, -0.2) is 0 Å². The van der Waals surface area contributed by atoms with E-state index in [1.807, 2.05) is 0 Å². The predicted molar refractivity (Wildman–Crippen MR) is 63.1 cm³/mol. The SMILES string of the molecule is C=CC[N+]1(CC=C)C[C@H](C)C[C@H](C)C1. The van der Waals surface area contributed by atoms with Gasteiger partial charge in [-0.05, 0) is 18.6 Å². The van der Waals surface area contributed by atoms with Gasteiger partial charge in [0.05, 0.1) is 26.2 Å². The van der Waals surface area contributed by atoms with Crippen LogP contribution in [0, 0.1) is 11.8 Å². The lowest BCUT2D eigenvalue weighted by molar-refractivity contribution is -0.928. The molecule has 1 heterocycles. The van der Waals surface area contributed by atoms with Gasteiger partial charge in [0, 0.05) is 11.8 Å². The maximum Gasteiger partial charge on any atom is 0.0973 e. The van der Waals surface area contributed by atoms with Gasteiger partial charge in [0.25, 0.3) is 0 Å². The van der Waals surface area contributed by atoms with E-state index in [4.69, 9.17) is 0 Å². The average Bonchev–Trinajstić information content (AvgIpc) is 2.02. The molecule has 0 saturated carbocycles. The summed E-state index contributed by atoms with van der Waals surface area (Å²) >= 11 is 0. The van der Waals surface area contributed by atoms with Crippen LogP contribution in [0.3, 0.4) is 0 Å². The summed E-state index contributed by atoms with van der Waals surface area (Å²) in [5.74, 6) is 1.69. The Hall–Kier alpha value is -0.560. The number of hydrogen-bond acceptors (Lipinski definition) is 0. The highest BCUT2D eigenvalue weighted by molar-refractivity contribution is 4.76. The zero-order chi connectivity index (χ0) is 10.6. The summed E-state index contributed by atoms with van der Waals surface area (Å²) in [4.78, 5) is 0. The third-order valence-corrected chi connectivity index (χ3v) is 3.24. The van der Waals surface area contributed by atoms with Gasteiger partial charge in [-0.15, -0.1) is 0 Å². The molecule has 0 amide bonds. The van der Waals surface area contributed by atoms with E-state index >= 15 is 0 Å². The molecule has 0 bridgehead atoms. The normalized spacial score (nSPS) is 31.0. The summed E-state index contributed by atoms with van der Waals surface area (Å²) in [7, 11) is 0. The Morgan fingerprint density at radius 1 is 1.07 bits per heavy atom. The second kappa shape index (κ2) is 4.79. The number of quaternary nitrogens is 1. The molecule has 1 aliphatic heterocycles. The first-order valence-electron chi connectivity index (χ1n) is 5.69. The van der Waals surface area contributed by atoms with Crippen LogP contribution in [0.4, 0.5) is 0 Å². The molecule has 14 heavy (non-hydrogen) atoms. The van der Waals surface area contributed by atoms with Crippen molar-refractivity contribution in [2.75, 3.05) is 26.2 Å². The minimum atomic E-state index is 0.846. The van der Waals surface area contributed by atoms with Gasteiger partial charge in [-0.2, -0.15) is 0 Å². The minimum absolute atomic E-state index is 0.846. The summed E-state index contributed by atoms with van der Waals surface area (Å²) < 4.78 is 1.18. The van der Waals surface area contributed by atoms with Crippen LogP contribution in [0.15, 0.2) is 25.3 Å². The molecule has 0 aromatic carbocycles. The molecule has 1 fully saturated rings.